The van der Waals surface area contributed by atoms with Crippen LogP contribution in [0, 0.1) is 29.3 Å². The van der Waals surface area contributed by atoms with Crippen molar-refractivity contribution in [3.8, 4) is 0 Å². The van der Waals surface area contributed by atoms with Crippen molar-refractivity contribution in [1.82, 2.24) is 10.6 Å². The molecule has 1 unspecified atom stereocenters. The van der Waals surface area contributed by atoms with Gasteiger partial charge in [0.1, 0.15) is 12.6 Å². The fourth-order valence-corrected chi connectivity index (χ4v) is 8.30. The summed E-state index contributed by atoms with van der Waals surface area (Å²) in [6, 6.07) is 3.80. The van der Waals surface area contributed by atoms with Gasteiger partial charge in [0.05, 0.1) is 20.8 Å². The maximum atomic E-state index is 13.7. The summed E-state index contributed by atoms with van der Waals surface area (Å²) in [5.74, 6) is -7.05. The third-order valence-electron chi connectivity index (χ3n) is 8.09. The lowest BCUT2D eigenvalue weighted by molar-refractivity contribution is -0.126. The van der Waals surface area contributed by atoms with Gasteiger partial charge in [0.25, 0.3) is 5.91 Å². The molecule has 3 fully saturated rings. The number of sulfone groups is 1. The quantitative estimate of drug-likeness (QED) is 0.350. The Morgan fingerprint density at radius 2 is 1.73 bits per heavy atom. The van der Waals surface area contributed by atoms with Crippen LogP contribution in [0.1, 0.15) is 36.0 Å². The second kappa shape index (κ2) is 10.8. The third kappa shape index (κ3) is 5.47. The third-order valence-corrected chi connectivity index (χ3v) is 10.7. The van der Waals surface area contributed by atoms with Gasteiger partial charge in [-0.05, 0) is 55.7 Å². The van der Waals surface area contributed by atoms with Gasteiger partial charge >= 0.3 is 6.09 Å². The van der Waals surface area contributed by atoms with Gasteiger partial charge in [-0.3, -0.25) is 9.59 Å². The number of halogens is 4. The number of nitrogens with one attached hydrogen (secondary N) is 3. The maximum Gasteiger partial charge on any atom is 0.407 e. The van der Waals surface area contributed by atoms with E-state index in [0.29, 0.717) is 25.0 Å². The number of aliphatic hydroxyl groups is 1. The molecule has 3 aliphatic rings. The number of cyclic esters (lactones) is 1. The highest BCUT2D eigenvalue weighted by Crippen LogP contribution is 2.52. The van der Waals surface area contributed by atoms with Gasteiger partial charge in [0.15, 0.2) is 27.3 Å². The zero-order chi connectivity index (χ0) is 29.7. The zero-order valence-electron chi connectivity index (χ0n) is 21.3. The molecule has 2 saturated carbocycles. The molecule has 2 bridgehead atoms. The van der Waals surface area contributed by atoms with E-state index in [1.54, 1.807) is 0 Å². The maximum absolute atomic E-state index is 13.7. The number of benzene rings is 2. The van der Waals surface area contributed by atoms with E-state index in [9.17, 15) is 41.1 Å². The summed E-state index contributed by atoms with van der Waals surface area (Å²) in [6.45, 7) is -0.257. The molecule has 2 aromatic rings. The van der Waals surface area contributed by atoms with Gasteiger partial charge in [0, 0.05) is 29.9 Å². The molecule has 41 heavy (non-hydrogen) atoms. The van der Waals surface area contributed by atoms with Crippen molar-refractivity contribution in [1.29, 1.82) is 0 Å². The number of hydrogen-bond donors (Lipinski definition) is 4. The van der Waals surface area contributed by atoms with Crippen molar-refractivity contribution in [3.05, 3.63) is 58.4 Å². The molecule has 0 aromatic heterocycles. The lowest BCUT2D eigenvalue weighted by atomic mass is 9.74. The summed E-state index contributed by atoms with van der Waals surface area (Å²) in [4.78, 5) is 36.0. The minimum atomic E-state index is -4.11. The Labute approximate surface area is 237 Å². The predicted molar refractivity (Wildman–Crippen MR) is 138 cm³/mol. The Balaban J connectivity index is 1.30. The van der Waals surface area contributed by atoms with Crippen LogP contribution in [-0.4, -0.2) is 61.5 Å². The van der Waals surface area contributed by atoms with Crippen LogP contribution < -0.4 is 16.0 Å². The minimum absolute atomic E-state index is 0.0787. The Bertz CT molecular complexity index is 1500. The molecular weight excluding hydrogens is 591 g/mol. The largest absolute Gasteiger partial charge is 0.447 e. The predicted octanol–water partition coefficient (Wildman–Crippen LogP) is 2.93. The highest BCUT2D eigenvalue weighted by molar-refractivity contribution is 7.92. The highest BCUT2D eigenvalue weighted by Gasteiger charge is 2.56. The molecule has 0 spiro atoms. The lowest BCUT2D eigenvalue weighted by Crippen LogP contribution is -2.56. The lowest BCUT2D eigenvalue weighted by Gasteiger charge is -2.42. The fraction of sp³-hybridized carbons (Fsp3) is 0.423. The molecule has 2 aliphatic carbocycles. The molecule has 1 aliphatic heterocycles. The van der Waals surface area contributed by atoms with Crippen LogP contribution in [0.15, 0.2) is 35.2 Å². The molecule has 0 radical (unpaired) electrons. The van der Waals surface area contributed by atoms with Crippen LogP contribution >= 0.6 is 11.6 Å². The molecule has 5 rings (SSSR count). The Morgan fingerprint density at radius 1 is 1.10 bits per heavy atom. The van der Waals surface area contributed by atoms with Crippen molar-refractivity contribution < 1.29 is 45.8 Å². The highest BCUT2D eigenvalue weighted by atomic mass is 35.5. The van der Waals surface area contributed by atoms with Crippen LogP contribution in [0.2, 0.25) is 5.02 Å². The van der Waals surface area contributed by atoms with E-state index in [4.69, 9.17) is 16.3 Å². The van der Waals surface area contributed by atoms with Gasteiger partial charge in [-0.25, -0.2) is 26.4 Å². The average Bonchev–Trinajstić information content (AvgIpc) is 3.38. The number of hydrogen-bond acceptors (Lipinski definition) is 7. The van der Waals surface area contributed by atoms with E-state index >= 15 is 0 Å². The molecule has 2 aromatic carbocycles. The van der Waals surface area contributed by atoms with Crippen LogP contribution in [0.25, 0.3) is 0 Å². The molecule has 15 heteroatoms. The fourth-order valence-electron chi connectivity index (χ4n) is 5.90. The number of amides is 3. The molecule has 3 amide bonds. The summed E-state index contributed by atoms with van der Waals surface area (Å²) < 4.78 is 72.5. The number of alkyl carbamates (subject to hydrolysis) is 1. The van der Waals surface area contributed by atoms with Crippen molar-refractivity contribution in [2.24, 2.45) is 11.8 Å². The van der Waals surface area contributed by atoms with Gasteiger partial charge in [0.2, 0.25) is 5.91 Å². The SMILES string of the molecule is O=C1N[C@@H](C(=O)NC[C@@]2(O)C3CC[C@H]2C[C@H](S(=O)(=O)c2cc(C(=O)Nc4cc(F)c(F)c(F)c4)ccc2Cl)C3)CO1. The molecular formula is C26H25ClF3N3O7S. The van der Waals surface area contributed by atoms with E-state index in [1.807, 2.05) is 0 Å². The first-order valence-corrected chi connectivity index (χ1v) is 14.6. The standard InChI is InChI=1S/C26H25ClF3N3O7S/c27-17-4-1-12(23(34)32-15-8-18(28)22(30)19(29)9-15)5-21(17)41(38,39)16-6-13-2-3-14(7-16)26(13,37)11-31-24(35)20-10-40-25(36)33-20/h1,4-5,8-9,13-14,16,20,37H,2-3,6-7,10-11H2,(H,31,35)(H,32,34)(H,33,36)/t13-,14?,16-,20+,26-/m0/s1. The Morgan fingerprint density at radius 3 is 2.32 bits per heavy atom. The van der Waals surface area contributed by atoms with E-state index in [-0.39, 0.29) is 47.2 Å². The number of carbonyl (C=O) groups is 3. The molecule has 5 atom stereocenters. The van der Waals surface area contributed by atoms with Crippen molar-refractivity contribution in [3.63, 3.8) is 0 Å². The van der Waals surface area contributed by atoms with Crippen LogP contribution in [0.5, 0.6) is 0 Å². The Kier molecular flexibility index (Phi) is 7.68. The number of anilines is 1. The number of fused-ring (bicyclic) bond motifs is 2. The summed E-state index contributed by atoms with van der Waals surface area (Å²) in [6.07, 6.45) is 0.513. The van der Waals surface area contributed by atoms with E-state index in [0.717, 1.165) is 6.07 Å². The number of carbonyl (C=O) groups excluding carboxylic acids is 3. The van der Waals surface area contributed by atoms with Crippen molar-refractivity contribution in [2.45, 2.75) is 47.5 Å². The summed E-state index contributed by atoms with van der Waals surface area (Å²) in [5, 5.41) is 17.6. The van der Waals surface area contributed by atoms with Crippen LogP contribution in [0.4, 0.5) is 23.7 Å². The van der Waals surface area contributed by atoms with Gasteiger partial charge in [-0.1, -0.05) is 11.6 Å². The van der Waals surface area contributed by atoms with E-state index in [2.05, 4.69) is 16.0 Å². The summed E-state index contributed by atoms with van der Waals surface area (Å²) >= 11 is 6.24. The normalized spacial score (nSPS) is 27.2. The number of rotatable bonds is 7. The van der Waals surface area contributed by atoms with Gasteiger partial charge < -0.3 is 25.8 Å². The van der Waals surface area contributed by atoms with Crippen molar-refractivity contribution in [2.75, 3.05) is 18.5 Å². The van der Waals surface area contributed by atoms with Crippen molar-refractivity contribution >= 4 is 45.0 Å². The Hall–Kier alpha value is -3.36. The van der Waals surface area contributed by atoms with E-state index < -0.39 is 73.9 Å². The summed E-state index contributed by atoms with van der Waals surface area (Å²) in [5.41, 5.74) is -1.89. The molecule has 220 valence electrons. The van der Waals surface area contributed by atoms with Gasteiger partial charge in [-0.2, -0.15) is 0 Å². The van der Waals surface area contributed by atoms with E-state index in [1.165, 1.54) is 12.1 Å². The first-order chi connectivity index (χ1) is 19.3. The monoisotopic (exact) mass is 615 g/mol. The number of ether oxygens (including phenoxy) is 1. The second-order valence-corrected chi connectivity index (χ2v) is 13.1. The minimum Gasteiger partial charge on any atom is -0.447 e. The van der Waals surface area contributed by atoms with Crippen LogP contribution in [-0.2, 0) is 19.4 Å². The smallest absolute Gasteiger partial charge is 0.407 e. The molecule has 1 saturated heterocycles. The molecule has 10 nitrogen and oxygen atoms in total. The topological polar surface area (TPSA) is 151 Å². The first kappa shape index (κ1) is 29.1. The average molecular weight is 616 g/mol. The van der Waals surface area contributed by atoms with Gasteiger partial charge in [-0.15, -0.1) is 0 Å². The molecule has 4 N–H and O–H groups in total. The van der Waals surface area contributed by atoms with Crippen LogP contribution in [0.3, 0.4) is 0 Å². The first-order valence-electron chi connectivity index (χ1n) is 12.7. The second-order valence-electron chi connectivity index (χ2n) is 10.5. The zero-order valence-corrected chi connectivity index (χ0v) is 22.8. The molecule has 1 heterocycles. The summed E-state index contributed by atoms with van der Waals surface area (Å²) in [7, 11) is -4.11.